The zero-order valence-electron chi connectivity index (χ0n) is 19.4. The average molecular weight is 494 g/mol. The summed E-state index contributed by atoms with van der Waals surface area (Å²) in [5, 5.41) is 2.66. The van der Waals surface area contributed by atoms with Crippen molar-refractivity contribution in [3.63, 3.8) is 0 Å². The number of piperidine rings is 1. The first-order chi connectivity index (χ1) is 15.4. The fourth-order valence-electron chi connectivity index (χ4n) is 4.26. The summed E-state index contributed by atoms with van der Waals surface area (Å²) in [6, 6.07) is 12.7. The summed E-state index contributed by atoms with van der Waals surface area (Å²) >= 11 is 0. The van der Waals surface area contributed by atoms with Gasteiger partial charge in [-0.05, 0) is 69.5 Å². The monoisotopic (exact) mass is 493 g/mol. The van der Waals surface area contributed by atoms with Crippen LogP contribution in [0, 0.1) is 6.92 Å². The molecular weight excluding hydrogens is 462 g/mol. The Morgan fingerprint density at radius 1 is 1.00 bits per heavy atom. The number of hydrogen-bond donors (Lipinski definition) is 1. The molecule has 0 radical (unpaired) electrons. The lowest BCUT2D eigenvalue weighted by molar-refractivity contribution is -0.114. The first kappa shape index (κ1) is 25.2. The quantitative estimate of drug-likeness (QED) is 0.637. The SMILES string of the molecule is Cc1ccccc1N(CC(=O)Nc1ccc(S(=O)(=O)N2C(C)CCCC2C)cc1)S(C)(=O)=O. The molecule has 1 aliphatic heterocycles. The van der Waals surface area contributed by atoms with Crippen molar-refractivity contribution >= 4 is 37.3 Å². The number of benzene rings is 2. The molecule has 2 aromatic carbocycles. The fraction of sp³-hybridized carbons (Fsp3) is 0.435. The Labute approximate surface area is 196 Å². The third-order valence-electron chi connectivity index (χ3n) is 5.90. The summed E-state index contributed by atoms with van der Waals surface area (Å²) < 4.78 is 53.5. The van der Waals surface area contributed by atoms with E-state index in [4.69, 9.17) is 0 Å². The number of carbonyl (C=O) groups is 1. The van der Waals surface area contributed by atoms with Crippen LogP contribution in [0.1, 0.15) is 38.7 Å². The number of hydrogen-bond acceptors (Lipinski definition) is 5. The summed E-state index contributed by atoms with van der Waals surface area (Å²) in [6.45, 7) is 5.22. The third-order valence-corrected chi connectivity index (χ3v) is 9.17. The van der Waals surface area contributed by atoms with Gasteiger partial charge < -0.3 is 5.32 Å². The minimum absolute atomic E-state index is 0.0680. The first-order valence-corrected chi connectivity index (χ1v) is 14.2. The second-order valence-electron chi connectivity index (χ2n) is 8.59. The first-order valence-electron chi connectivity index (χ1n) is 10.9. The molecule has 2 unspecified atom stereocenters. The van der Waals surface area contributed by atoms with Crippen molar-refractivity contribution < 1.29 is 21.6 Å². The Kier molecular flexibility index (Phi) is 7.50. The summed E-state index contributed by atoms with van der Waals surface area (Å²) in [5.74, 6) is -0.530. The van der Waals surface area contributed by atoms with Crippen LogP contribution in [0.4, 0.5) is 11.4 Å². The maximum absolute atomic E-state index is 13.2. The van der Waals surface area contributed by atoms with Crippen molar-refractivity contribution in [3.05, 3.63) is 54.1 Å². The van der Waals surface area contributed by atoms with E-state index in [0.29, 0.717) is 11.4 Å². The number of carbonyl (C=O) groups excluding carboxylic acids is 1. The maximum Gasteiger partial charge on any atom is 0.245 e. The average Bonchev–Trinajstić information content (AvgIpc) is 2.72. The summed E-state index contributed by atoms with van der Waals surface area (Å²) in [7, 11) is -7.34. The molecule has 10 heteroatoms. The molecule has 3 rings (SSSR count). The van der Waals surface area contributed by atoms with Gasteiger partial charge in [-0.25, -0.2) is 16.8 Å². The standard InChI is InChI=1S/C23H31N3O5S2/c1-17-8-5-6-11-22(17)25(32(4,28)29)16-23(27)24-20-12-14-21(15-13-20)33(30,31)26-18(2)9-7-10-19(26)3/h5-6,8,11-15,18-19H,7,9-10,16H2,1-4H3,(H,24,27). The van der Waals surface area contributed by atoms with E-state index in [1.165, 1.54) is 24.3 Å². The van der Waals surface area contributed by atoms with Crippen LogP contribution in [0.2, 0.25) is 0 Å². The molecule has 1 heterocycles. The summed E-state index contributed by atoms with van der Waals surface area (Å²) in [5.41, 5.74) is 1.55. The van der Waals surface area contributed by atoms with Crippen LogP contribution in [0.25, 0.3) is 0 Å². The summed E-state index contributed by atoms with van der Waals surface area (Å²) in [4.78, 5) is 12.8. The Morgan fingerprint density at radius 2 is 1.58 bits per heavy atom. The van der Waals surface area contributed by atoms with Gasteiger partial charge in [-0.15, -0.1) is 0 Å². The number of rotatable bonds is 7. The molecule has 0 aliphatic carbocycles. The minimum atomic E-state index is -3.69. The highest BCUT2D eigenvalue weighted by Gasteiger charge is 2.35. The number of anilines is 2. The predicted molar refractivity (Wildman–Crippen MR) is 130 cm³/mol. The Bertz CT molecular complexity index is 1200. The number of sulfonamides is 2. The molecule has 1 N–H and O–H groups in total. The van der Waals surface area contributed by atoms with Gasteiger partial charge in [0, 0.05) is 17.8 Å². The van der Waals surface area contributed by atoms with E-state index < -0.39 is 32.5 Å². The zero-order chi connectivity index (χ0) is 24.4. The number of aryl methyl sites for hydroxylation is 1. The Balaban J connectivity index is 1.75. The van der Waals surface area contributed by atoms with E-state index in [2.05, 4.69) is 5.32 Å². The van der Waals surface area contributed by atoms with Gasteiger partial charge in [0.2, 0.25) is 26.0 Å². The lowest BCUT2D eigenvalue weighted by Gasteiger charge is -2.37. The Morgan fingerprint density at radius 3 is 2.12 bits per heavy atom. The topological polar surface area (TPSA) is 104 Å². The molecule has 0 saturated carbocycles. The highest BCUT2D eigenvalue weighted by Crippen LogP contribution is 2.30. The van der Waals surface area contributed by atoms with Crippen molar-refractivity contribution in [2.75, 3.05) is 22.4 Å². The highest BCUT2D eigenvalue weighted by molar-refractivity contribution is 7.92. The number of nitrogens with one attached hydrogen (secondary N) is 1. The molecular formula is C23H31N3O5S2. The van der Waals surface area contributed by atoms with Crippen LogP contribution in [0.5, 0.6) is 0 Å². The molecule has 0 bridgehead atoms. The van der Waals surface area contributed by atoms with E-state index in [1.807, 2.05) is 13.8 Å². The van der Waals surface area contributed by atoms with Gasteiger partial charge in [-0.1, -0.05) is 24.6 Å². The lowest BCUT2D eigenvalue weighted by Crippen LogP contribution is -2.47. The molecule has 33 heavy (non-hydrogen) atoms. The smallest absolute Gasteiger partial charge is 0.245 e. The molecule has 8 nitrogen and oxygen atoms in total. The van der Waals surface area contributed by atoms with Crippen LogP contribution in [-0.4, -0.2) is 51.9 Å². The molecule has 2 aromatic rings. The van der Waals surface area contributed by atoms with Gasteiger partial charge in [0.05, 0.1) is 16.8 Å². The van der Waals surface area contributed by atoms with Gasteiger partial charge in [0.1, 0.15) is 6.54 Å². The minimum Gasteiger partial charge on any atom is -0.325 e. The molecule has 1 amide bonds. The second kappa shape index (κ2) is 9.82. The fourth-order valence-corrected chi connectivity index (χ4v) is 7.05. The van der Waals surface area contributed by atoms with Crippen molar-refractivity contribution in [3.8, 4) is 0 Å². The van der Waals surface area contributed by atoms with Gasteiger partial charge in [-0.2, -0.15) is 4.31 Å². The third kappa shape index (κ3) is 5.74. The number of para-hydroxylation sites is 1. The maximum atomic E-state index is 13.2. The van der Waals surface area contributed by atoms with Crippen LogP contribution < -0.4 is 9.62 Å². The molecule has 1 saturated heterocycles. The van der Waals surface area contributed by atoms with Gasteiger partial charge in [0.25, 0.3) is 0 Å². The van der Waals surface area contributed by atoms with Gasteiger partial charge in [0.15, 0.2) is 0 Å². The lowest BCUT2D eigenvalue weighted by atomic mass is 10.0. The number of nitrogens with zero attached hydrogens (tertiary/aromatic N) is 2. The van der Waals surface area contributed by atoms with E-state index >= 15 is 0 Å². The molecule has 1 aliphatic rings. The van der Waals surface area contributed by atoms with Crippen LogP contribution in [-0.2, 0) is 24.8 Å². The summed E-state index contributed by atoms with van der Waals surface area (Å²) in [6.07, 6.45) is 3.71. The normalized spacial score (nSPS) is 19.8. The van der Waals surface area contributed by atoms with E-state index in [9.17, 15) is 21.6 Å². The van der Waals surface area contributed by atoms with Crippen molar-refractivity contribution in [2.45, 2.75) is 57.0 Å². The van der Waals surface area contributed by atoms with Gasteiger partial charge >= 0.3 is 0 Å². The molecule has 1 fully saturated rings. The largest absolute Gasteiger partial charge is 0.325 e. The predicted octanol–water partition coefficient (Wildman–Crippen LogP) is 3.35. The van der Waals surface area contributed by atoms with Crippen LogP contribution >= 0.6 is 0 Å². The van der Waals surface area contributed by atoms with E-state index in [1.54, 1.807) is 35.5 Å². The number of amides is 1. The van der Waals surface area contributed by atoms with Crippen LogP contribution in [0.15, 0.2) is 53.4 Å². The molecule has 2 atom stereocenters. The Hall–Kier alpha value is -2.43. The van der Waals surface area contributed by atoms with E-state index in [0.717, 1.165) is 35.4 Å². The second-order valence-corrected chi connectivity index (χ2v) is 12.3. The highest BCUT2D eigenvalue weighted by atomic mass is 32.2. The van der Waals surface area contributed by atoms with E-state index in [-0.39, 0.29) is 17.0 Å². The van der Waals surface area contributed by atoms with Crippen molar-refractivity contribution in [1.29, 1.82) is 0 Å². The van der Waals surface area contributed by atoms with Crippen LogP contribution in [0.3, 0.4) is 0 Å². The molecule has 0 spiro atoms. The van der Waals surface area contributed by atoms with Crippen molar-refractivity contribution in [1.82, 2.24) is 4.31 Å². The molecule has 180 valence electrons. The van der Waals surface area contributed by atoms with Crippen molar-refractivity contribution in [2.24, 2.45) is 0 Å². The zero-order valence-corrected chi connectivity index (χ0v) is 21.0. The van der Waals surface area contributed by atoms with Gasteiger partial charge in [-0.3, -0.25) is 9.10 Å². The molecule has 0 aromatic heterocycles.